The normalized spacial score (nSPS) is 10.7. The van der Waals surface area contributed by atoms with E-state index in [0.29, 0.717) is 6.61 Å². The molecule has 0 amide bonds. The first-order valence-electron chi connectivity index (χ1n) is 10.2. The smallest absolute Gasteiger partial charge is 0.257 e. The van der Waals surface area contributed by atoms with Gasteiger partial charge in [-0.05, 0) is 19.4 Å². The van der Waals surface area contributed by atoms with Crippen molar-refractivity contribution in [2.24, 2.45) is 5.73 Å². The van der Waals surface area contributed by atoms with Gasteiger partial charge in [0.2, 0.25) is 0 Å². The fraction of sp³-hybridized carbons (Fsp3) is 1.00. The number of hydrogen-bond acceptors (Lipinski definition) is 4. The second-order valence-corrected chi connectivity index (χ2v) is 7.15. The van der Waals surface area contributed by atoms with Crippen LogP contribution in [0.25, 0.3) is 0 Å². The minimum Gasteiger partial charge on any atom is -0.330 e. The zero-order valence-electron chi connectivity index (χ0n) is 16.3. The van der Waals surface area contributed by atoms with Crippen LogP contribution in [0, 0.1) is 0 Å². The van der Waals surface area contributed by atoms with Gasteiger partial charge >= 0.3 is 0 Å². The van der Waals surface area contributed by atoms with Gasteiger partial charge in [-0.2, -0.15) is 0 Å². The molecule has 0 heterocycles. The third-order valence-electron chi connectivity index (χ3n) is 3.96. The Morgan fingerprint density at radius 2 is 1.00 bits per heavy atom. The first kappa shape index (κ1) is 26.1. The Bertz CT molecular complexity index is 262. The van der Waals surface area contributed by atoms with Crippen LogP contribution in [0.4, 0.5) is 0 Å². The average molecular weight is 366 g/mol. The van der Waals surface area contributed by atoms with Crippen LogP contribution < -0.4 is 5.73 Å². The maximum absolute atomic E-state index is 9.57. The van der Waals surface area contributed by atoms with Crippen molar-refractivity contribution in [3.63, 3.8) is 0 Å². The van der Waals surface area contributed by atoms with Gasteiger partial charge in [0.1, 0.15) is 0 Å². The van der Waals surface area contributed by atoms with E-state index >= 15 is 0 Å². The molecule has 0 unspecified atom stereocenters. The van der Waals surface area contributed by atoms with E-state index in [1.54, 1.807) is 0 Å². The molecule has 0 fully saturated rings. The lowest BCUT2D eigenvalue weighted by atomic mass is 10.0. The van der Waals surface area contributed by atoms with Crippen molar-refractivity contribution in [3.05, 3.63) is 0 Å². The van der Waals surface area contributed by atoms with E-state index in [1.807, 2.05) is 6.92 Å². The number of nitrogens with two attached hydrogens (primary N) is 1. The van der Waals surface area contributed by atoms with E-state index < -0.39 is 11.0 Å². The molecule has 0 aliphatic rings. The summed E-state index contributed by atoms with van der Waals surface area (Å²) in [4.78, 5) is 0. The highest BCUT2D eigenvalue weighted by molar-refractivity contribution is 7.67. The molecule has 24 heavy (non-hydrogen) atoms. The minimum absolute atomic E-state index is 0.304. The SMILES string of the molecule is CCCCCCCCCCCCCCCCN.CCCO[SH](=O)=O. The number of hydrogen-bond donors (Lipinski definition) is 2. The molecule has 148 valence electrons. The van der Waals surface area contributed by atoms with Crippen LogP contribution in [-0.2, 0) is 15.2 Å². The van der Waals surface area contributed by atoms with E-state index in [4.69, 9.17) is 5.73 Å². The molecule has 2 N–H and O–H groups in total. The summed E-state index contributed by atoms with van der Waals surface area (Å²) in [5.74, 6) is 0. The van der Waals surface area contributed by atoms with Gasteiger partial charge in [-0.15, -0.1) is 0 Å². The molecule has 0 aliphatic carbocycles. The fourth-order valence-electron chi connectivity index (χ4n) is 2.50. The van der Waals surface area contributed by atoms with Crippen LogP contribution >= 0.6 is 0 Å². The summed E-state index contributed by atoms with van der Waals surface area (Å²) in [6.07, 6.45) is 20.6. The predicted molar refractivity (Wildman–Crippen MR) is 106 cm³/mol. The Balaban J connectivity index is 0. The second kappa shape index (κ2) is 25.1. The van der Waals surface area contributed by atoms with Gasteiger partial charge in [-0.3, -0.25) is 4.18 Å². The molecule has 0 aromatic heterocycles. The highest BCUT2D eigenvalue weighted by Crippen LogP contribution is 2.12. The van der Waals surface area contributed by atoms with Crippen molar-refractivity contribution in [1.82, 2.24) is 0 Å². The van der Waals surface area contributed by atoms with Gasteiger partial charge < -0.3 is 5.73 Å². The van der Waals surface area contributed by atoms with Gasteiger partial charge in [0.05, 0.1) is 6.61 Å². The third-order valence-corrected chi connectivity index (χ3v) is 4.35. The van der Waals surface area contributed by atoms with E-state index in [-0.39, 0.29) is 0 Å². The molecule has 0 saturated heterocycles. The van der Waals surface area contributed by atoms with Gasteiger partial charge in [0.25, 0.3) is 11.0 Å². The summed E-state index contributed by atoms with van der Waals surface area (Å²) in [6, 6.07) is 0. The molecule has 0 bridgehead atoms. The van der Waals surface area contributed by atoms with Crippen molar-refractivity contribution >= 4 is 11.0 Å². The van der Waals surface area contributed by atoms with E-state index in [0.717, 1.165) is 13.0 Å². The maximum Gasteiger partial charge on any atom is 0.257 e. The van der Waals surface area contributed by atoms with Gasteiger partial charge in [0.15, 0.2) is 0 Å². The number of unbranched alkanes of at least 4 members (excludes halogenated alkanes) is 13. The Morgan fingerprint density at radius 3 is 1.25 bits per heavy atom. The lowest BCUT2D eigenvalue weighted by Gasteiger charge is -2.02. The Morgan fingerprint density at radius 1 is 0.625 bits per heavy atom. The summed E-state index contributed by atoms with van der Waals surface area (Å²) in [6.45, 7) is 5.31. The molecule has 0 aromatic rings. The zero-order chi connectivity index (χ0) is 18.3. The summed E-state index contributed by atoms with van der Waals surface area (Å²) in [5.41, 5.74) is 5.47. The summed E-state index contributed by atoms with van der Waals surface area (Å²) >= 11 is 0. The Labute approximate surface area is 153 Å². The minimum atomic E-state index is -2.61. The Hall–Kier alpha value is -0.130. The van der Waals surface area contributed by atoms with Gasteiger partial charge in [-0.25, -0.2) is 8.42 Å². The molecule has 5 heteroatoms. The highest BCUT2D eigenvalue weighted by atomic mass is 32.2. The monoisotopic (exact) mass is 365 g/mol. The lowest BCUT2D eigenvalue weighted by molar-refractivity contribution is 0.333. The standard InChI is InChI=1S/C16H35N.C3H8O3S/c1-2-3-4-5-6-7-8-9-10-11-12-13-14-15-16-17;1-2-3-6-7(4)5/h2-17H2,1H3;7H,2-3H2,1H3. The van der Waals surface area contributed by atoms with Crippen LogP contribution in [0.3, 0.4) is 0 Å². The topological polar surface area (TPSA) is 69.4 Å². The average Bonchev–Trinajstić information content (AvgIpc) is 2.58. The van der Waals surface area contributed by atoms with Crippen LogP contribution in [0.5, 0.6) is 0 Å². The Kier molecular flexibility index (Phi) is 27.3. The molecule has 0 atom stereocenters. The summed E-state index contributed by atoms with van der Waals surface area (Å²) in [5, 5.41) is 0. The van der Waals surface area contributed by atoms with Crippen LogP contribution in [0.1, 0.15) is 110 Å². The maximum atomic E-state index is 9.57. The molecular formula is C19H43NO3S. The second-order valence-electron chi connectivity index (χ2n) is 6.44. The summed E-state index contributed by atoms with van der Waals surface area (Å²) < 4.78 is 23.3. The summed E-state index contributed by atoms with van der Waals surface area (Å²) in [7, 11) is -2.61. The highest BCUT2D eigenvalue weighted by Gasteiger charge is 1.93. The van der Waals surface area contributed by atoms with Crippen LogP contribution in [0.2, 0.25) is 0 Å². The molecule has 0 radical (unpaired) electrons. The van der Waals surface area contributed by atoms with E-state index in [1.165, 1.54) is 89.9 Å². The first-order chi connectivity index (χ1) is 11.7. The van der Waals surface area contributed by atoms with Gasteiger partial charge in [-0.1, -0.05) is 97.3 Å². The largest absolute Gasteiger partial charge is 0.330 e. The zero-order valence-corrected chi connectivity index (χ0v) is 17.2. The fourth-order valence-corrected chi connectivity index (χ4v) is 2.84. The van der Waals surface area contributed by atoms with Crippen LogP contribution in [0.15, 0.2) is 0 Å². The van der Waals surface area contributed by atoms with E-state index in [9.17, 15) is 8.42 Å². The molecule has 0 rings (SSSR count). The van der Waals surface area contributed by atoms with Crippen molar-refractivity contribution in [1.29, 1.82) is 0 Å². The quantitative estimate of drug-likeness (QED) is 0.269. The van der Waals surface area contributed by atoms with Crippen molar-refractivity contribution in [3.8, 4) is 0 Å². The molecule has 0 saturated carbocycles. The van der Waals surface area contributed by atoms with Crippen LogP contribution in [-0.4, -0.2) is 21.6 Å². The predicted octanol–water partition coefficient (Wildman–Crippen LogP) is 5.37. The lowest BCUT2D eigenvalue weighted by Crippen LogP contribution is -1.97. The van der Waals surface area contributed by atoms with Crippen molar-refractivity contribution in [2.45, 2.75) is 110 Å². The molecule has 0 aliphatic heterocycles. The third kappa shape index (κ3) is 29.8. The molecule has 0 aromatic carbocycles. The van der Waals surface area contributed by atoms with Gasteiger partial charge in [0, 0.05) is 0 Å². The van der Waals surface area contributed by atoms with E-state index in [2.05, 4.69) is 11.1 Å². The van der Waals surface area contributed by atoms with Crippen molar-refractivity contribution in [2.75, 3.05) is 13.2 Å². The van der Waals surface area contributed by atoms with Crippen molar-refractivity contribution < 1.29 is 12.6 Å². The number of thiol groups is 1. The molecular weight excluding hydrogens is 322 g/mol. The number of rotatable bonds is 17. The molecule has 0 spiro atoms. The molecule has 4 nitrogen and oxygen atoms in total. The first-order valence-corrected chi connectivity index (χ1v) is 11.3.